The molecule has 0 bridgehead atoms. The maximum Gasteiger partial charge on any atom is 0.253 e. The van der Waals surface area contributed by atoms with Crippen LogP contribution in [0.2, 0.25) is 0 Å². The molecule has 2 saturated heterocycles. The monoisotopic (exact) mass is 330 g/mol. The van der Waals surface area contributed by atoms with Gasteiger partial charge in [0.2, 0.25) is 18.6 Å². The van der Waals surface area contributed by atoms with Crippen molar-refractivity contribution in [3.05, 3.63) is 23.8 Å². The lowest BCUT2D eigenvalue weighted by Crippen LogP contribution is -2.48. The van der Waals surface area contributed by atoms with Crippen LogP contribution in [0, 0.1) is 0 Å². The van der Waals surface area contributed by atoms with Crippen LogP contribution in [0.15, 0.2) is 18.2 Å². The fourth-order valence-electron chi connectivity index (χ4n) is 3.54. The Balaban J connectivity index is 1.41. The fraction of sp³-hybridized carbons (Fsp3) is 0.471. The number of rotatable bonds is 2. The second kappa shape index (κ2) is 5.81. The number of ether oxygens (including phenoxy) is 2. The summed E-state index contributed by atoms with van der Waals surface area (Å²) in [5.41, 5.74) is 0.561. The Hall–Kier alpha value is -2.57. The third kappa shape index (κ3) is 2.50. The molecule has 3 amide bonds. The molecule has 126 valence electrons. The lowest BCUT2D eigenvalue weighted by molar-refractivity contribution is -0.141. The molecule has 1 aromatic carbocycles. The second-order valence-corrected chi connectivity index (χ2v) is 6.25. The second-order valence-electron chi connectivity index (χ2n) is 6.25. The largest absolute Gasteiger partial charge is 0.454 e. The molecule has 2 fully saturated rings. The van der Waals surface area contributed by atoms with Gasteiger partial charge in [0.25, 0.3) is 5.91 Å². The summed E-state index contributed by atoms with van der Waals surface area (Å²) in [6.45, 7) is 1.25. The van der Waals surface area contributed by atoms with Gasteiger partial charge in [-0.25, -0.2) is 0 Å². The van der Waals surface area contributed by atoms with Gasteiger partial charge in [-0.1, -0.05) is 0 Å². The van der Waals surface area contributed by atoms with Crippen LogP contribution >= 0.6 is 0 Å². The van der Waals surface area contributed by atoms with E-state index < -0.39 is 0 Å². The van der Waals surface area contributed by atoms with E-state index in [4.69, 9.17) is 9.47 Å². The first-order valence-corrected chi connectivity index (χ1v) is 8.17. The number of hydrogen-bond donors (Lipinski definition) is 0. The molecule has 0 spiro atoms. The Kier molecular flexibility index (Phi) is 3.63. The summed E-state index contributed by atoms with van der Waals surface area (Å²) < 4.78 is 10.6. The zero-order chi connectivity index (χ0) is 16.7. The number of imide groups is 1. The van der Waals surface area contributed by atoms with Crippen molar-refractivity contribution in [1.29, 1.82) is 0 Å². The molecule has 0 unspecified atom stereocenters. The predicted molar refractivity (Wildman–Crippen MR) is 82.6 cm³/mol. The molecule has 0 radical (unpaired) electrons. The minimum absolute atomic E-state index is 0.0641. The van der Waals surface area contributed by atoms with Crippen LogP contribution in [0.1, 0.15) is 36.0 Å². The highest BCUT2D eigenvalue weighted by Gasteiger charge is 2.37. The Morgan fingerprint density at radius 2 is 1.67 bits per heavy atom. The average Bonchev–Trinajstić information content (AvgIpc) is 3.20. The summed E-state index contributed by atoms with van der Waals surface area (Å²) in [5, 5.41) is 0. The van der Waals surface area contributed by atoms with E-state index in [1.807, 2.05) is 0 Å². The molecule has 3 heterocycles. The van der Waals surface area contributed by atoms with Gasteiger partial charge < -0.3 is 14.4 Å². The minimum Gasteiger partial charge on any atom is -0.454 e. The molecule has 1 aromatic rings. The lowest BCUT2D eigenvalue weighted by Gasteiger charge is -2.35. The van der Waals surface area contributed by atoms with E-state index in [2.05, 4.69) is 0 Å². The van der Waals surface area contributed by atoms with E-state index in [0.29, 0.717) is 55.8 Å². The van der Waals surface area contributed by atoms with Crippen LogP contribution in [-0.2, 0) is 9.59 Å². The van der Waals surface area contributed by atoms with Gasteiger partial charge in [-0.15, -0.1) is 0 Å². The SMILES string of the molecule is O=C(c1ccc2c(c1)OCO2)N1CCC(N2C(=O)CCC2=O)CC1. The maximum absolute atomic E-state index is 12.6. The molecule has 0 atom stereocenters. The van der Waals surface area contributed by atoms with Gasteiger partial charge >= 0.3 is 0 Å². The van der Waals surface area contributed by atoms with Crippen LogP contribution in [0.3, 0.4) is 0 Å². The zero-order valence-corrected chi connectivity index (χ0v) is 13.2. The van der Waals surface area contributed by atoms with Gasteiger partial charge in [0.15, 0.2) is 11.5 Å². The summed E-state index contributed by atoms with van der Waals surface area (Å²) >= 11 is 0. The number of likely N-dealkylation sites (tertiary alicyclic amines) is 2. The Morgan fingerprint density at radius 3 is 2.38 bits per heavy atom. The Bertz CT molecular complexity index is 693. The average molecular weight is 330 g/mol. The number of carbonyl (C=O) groups excluding carboxylic acids is 3. The third-order valence-electron chi connectivity index (χ3n) is 4.83. The molecule has 24 heavy (non-hydrogen) atoms. The van der Waals surface area contributed by atoms with Crippen LogP contribution in [0.4, 0.5) is 0 Å². The minimum atomic E-state index is -0.0828. The lowest BCUT2D eigenvalue weighted by atomic mass is 10.0. The first-order chi connectivity index (χ1) is 11.6. The van der Waals surface area contributed by atoms with Gasteiger partial charge in [-0.2, -0.15) is 0 Å². The maximum atomic E-state index is 12.6. The zero-order valence-electron chi connectivity index (χ0n) is 13.2. The number of nitrogens with zero attached hydrogens (tertiary/aromatic N) is 2. The summed E-state index contributed by atoms with van der Waals surface area (Å²) in [7, 11) is 0. The van der Waals surface area contributed by atoms with E-state index in [1.54, 1.807) is 23.1 Å². The molecule has 3 aliphatic rings. The molecule has 4 rings (SSSR count). The van der Waals surface area contributed by atoms with Crippen LogP contribution in [0.25, 0.3) is 0 Å². The fourth-order valence-corrected chi connectivity index (χ4v) is 3.54. The van der Waals surface area contributed by atoms with E-state index in [-0.39, 0.29) is 30.6 Å². The normalized spacial score (nSPS) is 20.8. The number of fused-ring (bicyclic) bond motifs is 1. The van der Waals surface area contributed by atoms with Gasteiger partial charge in [0.05, 0.1) is 0 Å². The van der Waals surface area contributed by atoms with Crippen molar-refractivity contribution >= 4 is 17.7 Å². The smallest absolute Gasteiger partial charge is 0.253 e. The number of hydrogen-bond acceptors (Lipinski definition) is 5. The van der Waals surface area contributed by atoms with Gasteiger partial charge in [-0.05, 0) is 31.0 Å². The Morgan fingerprint density at radius 1 is 1.00 bits per heavy atom. The molecule has 0 aliphatic carbocycles. The first-order valence-electron chi connectivity index (χ1n) is 8.17. The summed E-state index contributed by atoms with van der Waals surface area (Å²) in [5.74, 6) is 1.01. The molecule has 0 aromatic heterocycles. The van der Waals surface area contributed by atoms with Crippen LogP contribution in [0.5, 0.6) is 11.5 Å². The molecule has 7 heteroatoms. The number of benzene rings is 1. The highest BCUT2D eigenvalue weighted by Crippen LogP contribution is 2.33. The van der Waals surface area contributed by atoms with Crippen LogP contribution < -0.4 is 9.47 Å². The Labute approximate surface area is 139 Å². The van der Waals surface area contributed by atoms with Gasteiger partial charge in [0.1, 0.15) is 0 Å². The standard InChI is InChI=1S/C17H18N2O5/c20-15-3-4-16(21)19(15)12-5-7-18(8-6-12)17(22)11-1-2-13-14(9-11)24-10-23-13/h1-2,9,12H,3-8,10H2. The highest BCUT2D eigenvalue weighted by atomic mass is 16.7. The number of carbonyl (C=O) groups is 3. The molecular weight excluding hydrogens is 312 g/mol. The summed E-state index contributed by atoms with van der Waals surface area (Å²) in [6.07, 6.45) is 1.89. The quantitative estimate of drug-likeness (QED) is 0.761. The summed E-state index contributed by atoms with van der Waals surface area (Å²) in [4.78, 5) is 39.5. The van der Waals surface area contributed by atoms with Crippen molar-refractivity contribution in [2.45, 2.75) is 31.7 Å². The van der Waals surface area contributed by atoms with Crippen LogP contribution in [-0.4, -0.2) is 53.4 Å². The molecule has 3 aliphatic heterocycles. The summed E-state index contributed by atoms with van der Waals surface area (Å²) in [6, 6.07) is 5.09. The molecule has 0 saturated carbocycles. The van der Waals surface area contributed by atoms with Crippen molar-refractivity contribution in [3.8, 4) is 11.5 Å². The predicted octanol–water partition coefficient (Wildman–Crippen LogP) is 1.17. The third-order valence-corrected chi connectivity index (χ3v) is 4.83. The van der Waals surface area contributed by atoms with Gasteiger partial charge in [-0.3, -0.25) is 19.3 Å². The van der Waals surface area contributed by atoms with Gasteiger partial charge in [0, 0.05) is 37.5 Å². The molecule has 0 N–H and O–H groups in total. The number of piperidine rings is 1. The molecule has 7 nitrogen and oxygen atoms in total. The van der Waals surface area contributed by atoms with E-state index in [9.17, 15) is 14.4 Å². The van der Waals surface area contributed by atoms with Crippen molar-refractivity contribution in [1.82, 2.24) is 9.80 Å². The number of amides is 3. The van der Waals surface area contributed by atoms with Crippen molar-refractivity contribution < 1.29 is 23.9 Å². The van der Waals surface area contributed by atoms with Crippen molar-refractivity contribution in [2.24, 2.45) is 0 Å². The van der Waals surface area contributed by atoms with Crippen molar-refractivity contribution in [2.75, 3.05) is 19.9 Å². The van der Waals surface area contributed by atoms with E-state index in [0.717, 1.165) is 0 Å². The first kappa shape index (κ1) is 15.0. The molecular formula is C17H18N2O5. The topological polar surface area (TPSA) is 76.2 Å². The van der Waals surface area contributed by atoms with E-state index >= 15 is 0 Å². The highest BCUT2D eigenvalue weighted by molar-refractivity contribution is 6.02. The van der Waals surface area contributed by atoms with Crippen molar-refractivity contribution in [3.63, 3.8) is 0 Å². The van der Waals surface area contributed by atoms with E-state index in [1.165, 1.54) is 4.90 Å².